The highest BCUT2D eigenvalue weighted by atomic mass is 16.7. The molecule has 2 aliphatic heterocycles. The lowest BCUT2D eigenvalue weighted by atomic mass is 9.46. The van der Waals surface area contributed by atoms with Crippen molar-refractivity contribution in [2.75, 3.05) is 6.61 Å². The van der Waals surface area contributed by atoms with Crippen molar-refractivity contribution in [2.45, 2.75) is 103 Å². The number of hydrogen-bond donors (Lipinski definition) is 2. The predicted octanol–water partition coefficient (Wildman–Crippen LogP) is 4.68. The molecular formula is C27H42O4. The molecule has 0 bridgehead atoms. The lowest BCUT2D eigenvalue weighted by Crippen LogP contribution is -2.56. The van der Waals surface area contributed by atoms with Crippen LogP contribution in [0.25, 0.3) is 0 Å². The average molecular weight is 431 g/mol. The van der Waals surface area contributed by atoms with E-state index in [4.69, 9.17) is 9.47 Å². The number of aliphatic hydroxyl groups excluding tert-OH is 2. The summed E-state index contributed by atoms with van der Waals surface area (Å²) in [7, 11) is 0. The highest BCUT2D eigenvalue weighted by molar-refractivity contribution is 5.28. The van der Waals surface area contributed by atoms with Crippen molar-refractivity contribution in [2.24, 2.45) is 46.3 Å². The van der Waals surface area contributed by atoms with Crippen molar-refractivity contribution in [3.63, 3.8) is 0 Å². The van der Waals surface area contributed by atoms with Crippen molar-refractivity contribution in [1.82, 2.24) is 0 Å². The Morgan fingerprint density at radius 3 is 2.58 bits per heavy atom. The smallest absolute Gasteiger partial charge is 0.171 e. The number of aliphatic hydroxyl groups is 2. The van der Waals surface area contributed by atoms with Gasteiger partial charge in [-0.2, -0.15) is 0 Å². The Bertz CT molecular complexity index is 769. The van der Waals surface area contributed by atoms with Crippen LogP contribution in [-0.2, 0) is 9.47 Å². The molecule has 10 unspecified atom stereocenters. The molecule has 3 saturated carbocycles. The van der Waals surface area contributed by atoms with Crippen LogP contribution >= 0.6 is 0 Å². The van der Waals surface area contributed by atoms with Crippen molar-refractivity contribution >= 4 is 0 Å². The lowest BCUT2D eigenvalue weighted by Gasteiger charge is -2.59. The summed E-state index contributed by atoms with van der Waals surface area (Å²) in [6.45, 7) is 10.4. The van der Waals surface area contributed by atoms with Crippen LogP contribution in [0.3, 0.4) is 0 Å². The Labute approximate surface area is 187 Å². The third kappa shape index (κ3) is 2.68. The molecule has 2 saturated heterocycles. The number of hydrogen-bond acceptors (Lipinski definition) is 4. The lowest BCUT2D eigenvalue weighted by molar-refractivity contribution is -0.272. The second-order valence-corrected chi connectivity index (χ2v) is 12.8. The minimum atomic E-state index is -0.420. The minimum Gasteiger partial charge on any atom is -0.393 e. The molecule has 0 aromatic heterocycles. The third-order valence-electron chi connectivity index (χ3n) is 11.4. The highest BCUT2D eigenvalue weighted by Crippen LogP contribution is 2.70. The monoisotopic (exact) mass is 430 g/mol. The zero-order valence-corrected chi connectivity index (χ0v) is 19.8. The Hall–Kier alpha value is -0.420. The first-order valence-corrected chi connectivity index (χ1v) is 13.1. The molecule has 5 fully saturated rings. The summed E-state index contributed by atoms with van der Waals surface area (Å²) in [5, 5.41) is 21.4. The SMILES string of the molecule is CC1CCC2(OC1)OC1CC3C4CC=C5CC(O)CC(O)[C@]5(C)C4CC[C@]3(C)C1C2C. The molecule has 4 heteroatoms. The van der Waals surface area contributed by atoms with Gasteiger partial charge in [-0.3, -0.25) is 0 Å². The third-order valence-corrected chi connectivity index (χ3v) is 11.4. The van der Waals surface area contributed by atoms with Crippen molar-refractivity contribution in [3.05, 3.63) is 11.6 Å². The first-order chi connectivity index (χ1) is 14.7. The molecule has 2 N–H and O–H groups in total. The molecule has 2 heterocycles. The van der Waals surface area contributed by atoms with Gasteiger partial charge in [-0.1, -0.05) is 39.3 Å². The summed E-state index contributed by atoms with van der Waals surface area (Å²) in [5.41, 5.74) is 1.48. The Morgan fingerprint density at radius 2 is 1.84 bits per heavy atom. The molecule has 12 atom stereocenters. The summed E-state index contributed by atoms with van der Waals surface area (Å²) in [5.74, 6) is 3.17. The quantitative estimate of drug-likeness (QED) is 0.548. The maximum Gasteiger partial charge on any atom is 0.171 e. The molecule has 31 heavy (non-hydrogen) atoms. The van der Waals surface area contributed by atoms with Gasteiger partial charge in [0.25, 0.3) is 0 Å². The molecule has 0 aromatic rings. The Morgan fingerprint density at radius 1 is 1.03 bits per heavy atom. The van der Waals surface area contributed by atoms with E-state index in [0.29, 0.717) is 53.4 Å². The largest absolute Gasteiger partial charge is 0.393 e. The molecule has 4 aliphatic carbocycles. The predicted molar refractivity (Wildman–Crippen MR) is 119 cm³/mol. The van der Waals surface area contributed by atoms with Crippen LogP contribution < -0.4 is 0 Å². The molecule has 0 amide bonds. The Balaban J connectivity index is 1.29. The van der Waals surface area contributed by atoms with E-state index < -0.39 is 6.10 Å². The van der Waals surface area contributed by atoms with Crippen molar-refractivity contribution in [1.29, 1.82) is 0 Å². The van der Waals surface area contributed by atoms with Gasteiger partial charge >= 0.3 is 0 Å². The van der Waals surface area contributed by atoms with Gasteiger partial charge in [0.05, 0.1) is 24.9 Å². The normalized spacial score (nSPS) is 60.7. The molecule has 6 rings (SSSR count). The van der Waals surface area contributed by atoms with Gasteiger partial charge in [0.1, 0.15) is 0 Å². The summed E-state index contributed by atoms with van der Waals surface area (Å²) in [6.07, 6.45) is 10.2. The zero-order valence-electron chi connectivity index (χ0n) is 19.8. The maximum absolute atomic E-state index is 11.1. The standard InChI is InChI=1S/C27H42O4/c1-15-7-10-27(30-14-15)16(2)24-22(31-27)13-21-19-6-5-17-11-18(28)12-23(29)26(17,4)20(19)8-9-25(21,24)3/h5,15-16,18-24,28-29H,6-14H2,1-4H3/t15?,16?,18?,19?,20?,21?,22?,23?,24?,25-,26-,27?/m0/s1. The van der Waals surface area contributed by atoms with Gasteiger partial charge in [-0.25, -0.2) is 0 Å². The van der Waals surface area contributed by atoms with Crippen LogP contribution in [0.15, 0.2) is 11.6 Å². The first-order valence-electron chi connectivity index (χ1n) is 13.1. The van der Waals surface area contributed by atoms with E-state index in [9.17, 15) is 10.2 Å². The van der Waals surface area contributed by atoms with Crippen molar-refractivity contribution < 1.29 is 19.7 Å². The van der Waals surface area contributed by atoms with Crippen LogP contribution in [0.4, 0.5) is 0 Å². The van der Waals surface area contributed by atoms with E-state index in [2.05, 4.69) is 33.8 Å². The van der Waals surface area contributed by atoms with E-state index in [0.717, 1.165) is 32.3 Å². The average Bonchev–Trinajstić information content (AvgIpc) is 3.16. The van der Waals surface area contributed by atoms with Crippen molar-refractivity contribution in [3.8, 4) is 0 Å². The molecule has 1 spiro atoms. The number of fused-ring (bicyclic) bond motifs is 7. The second-order valence-electron chi connectivity index (χ2n) is 12.8. The number of ether oxygens (including phenoxy) is 2. The van der Waals surface area contributed by atoms with Gasteiger partial charge in [-0.15, -0.1) is 0 Å². The van der Waals surface area contributed by atoms with E-state index in [1.165, 1.54) is 24.8 Å². The molecule has 0 radical (unpaired) electrons. The molecule has 6 aliphatic rings. The molecular weight excluding hydrogens is 388 g/mol. The van der Waals surface area contributed by atoms with Gasteiger partial charge in [0, 0.05) is 24.2 Å². The molecule has 0 aromatic carbocycles. The molecule has 174 valence electrons. The maximum atomic E-state index is 11.1. The van der Waals surface area contributed by atoms with Crippen LogP contribution in [0.1, 0.15) is 79.1 Å². The fourth-order valence-electron chi connectivity index (χ4n) is 9.72. The van der Waals surface area contributed by atoms with E-state index >= 15 is 0 Å². The number of rotatable bonds is 0. The van der Waals surface area contributed by atoms with E-state index in [1.54, 1.807) is 0 Å². The highest BCUT2D eigenvalue weighted by Gasteiger charge is 2.69. The summed E-state index contributed by atoms with van der Waals surface area (Å²) in [6, 6.07) is 0. The summed E-state index contributed by atoms with van der Waals surface area (Å²) >= 11 is 0. The van der Waals surface area contributed by atoms with Gasteiger partial charge in [-0.05, 0) is 73.5 Å². The van der Waals surface area contributed by atoms with Gasteiger partial charge in [0.2, 0.25) is 0 Å². The number of allylic oxidation sites excluding steroid dienone is 1. The second kappa shape index (κ2) is 6.81. The van der Waals surface area contributed by atoms with Gasteiger partial charge in [0.15, 0.2) is 5.79 Å². The zero-order chi connectivity index (χ0) is 21.8. The van der Waals surface area contributed by atoms with Crippen LogP contribution in [-0.4, -0.2) is 40.9 Å². The van der Waals surface area contributed by atoms with E-state index in [-0.39, 0.29) is 17.3 Å². The summed E-state index contributed by atoms with van der Waals surface area (Å²) in [4.78, 5) is 0. The fourth-order valence-corrected chi connectivity index (χ4v) is 9.72. The van der Waals surface area contributed by atoms with Crippen LogP contribution in [0, 0.1) is 46.3 Å². The van der Waals surface area contributed by atoms with Crippen LogP contribution in [0.5, 0.6) is 0 Å². The minimum absolute atomic E-state index is 0.155. The van der Waals surface area contributed by atoms with E-state index in [1.807, 2.05) is 0 Å². The molecule has 4 nitrogen and oxygen atoms in total. The first kappa shape index (κ1) is 21.1. The van der Waals surface area contributed by atoms with Crippen LogP contribution in [0.2, 0.25) is 0 Å². The van der Waals surface area contributed by atoms with Gasteiger partial charge < -0.3 is 19.7 Å². The Kier molecular flexibility index (Phi) is 4.64. The fraction of sp³-hybridized carbons (Fsp3) is 0.926. The summed E-state index contributed by atoms with van der Waals surface area (Å²) < 4.78 is 13.3. The topological polar surface area (TPSA) is 58.9 Å².